The van der Waals surface area contributed by atoms with Crippen molar-refractivity contribution in [3.05, 3.63) is 29.3 Å². The lowest BCUT2D eigenvalue weighted by molar-refractivity contribution is 0.538. The maximum absolute atomic E-state index is 3.56. The molecule has 1 unspecified atom stereocenters. The third kappa shape index (κ3) is 1.55. The molecule has 1 nitrogen and oxygen atoms in total. The standard InChI is InChI=1S/C12H17N/c1-8(2)12-7-10-6-9(3)4-5-11(10)13-12/h4-6,8,12-13H,7H2,1-3H3. The van der Waals surface area contributed by atoms with E-state index in [4.69, 9.17) is 0 Å². The maximum Gasteiger partial charge on any atom is 0.0376 e. The molecular weight excluding hydrogens is 158 g/mol. The van der Waals surface area contributed by atoms with Crippen LogP contribution in [0.3, 0.4) is 0 Å². The highest BCUT2D eigenvalue weighted by molar-refractivity contribution is 5.57. The van der Waals surface area contributed by atoms with Gasteiger partial charge >= 0.3 is 0 Å². The average molecular weight is 175 g/mol. The van der Waals surface area contributed by atoms with Gasteiger partial charge in [0.15, 0.2) is 0 Å². The van der Waals surface area contributed by atoms with Crippen molar-refractivity contribution in [3.8, 4) is 0 Å². The number of anilines is 1. The van der Waals surface area contributed by atoms with Crippen molar-refractivity contribution in [1.82, 2.24) is 0 Å². The van der Waals surface area contributed by atoms with E-state index in [0.717, 1.165) is 0 Å². The summed E-state index contributed by atoms with van der Waals surface area (Å²) in [6.07, 6.45) is 1.19. The number of rotatable bonds is 1. The summed E-state index contributed by atoms with van der Waals surface area (Å²) < 4.78 is 0. The van der Waals surface area contributed by atoms with Crippen LogP contribution in [-0.2, 0) is 6.42 Å². The predicted octanol–water partition coefficient (Wildman–Crippen LogP) is 2.99. The molecule has 13 heavy (non-hydrogen) atoms. The summed E-state index contributed by atoms with van der Waals surface area (Å²) in [6.45, 7) is 6.70. The van der Waals surface area contributed by atoms with Gasteiger partial charge in [0, 0.05) is 11.7 Å². The summed E-state index contributed by atoms with van der Waals surface area (Å²) >= 11 is 0. The lowest BCUT2D eigenvalue weighted by atomic mass is 10.00. The third-order valence-corrected chi connectivity index (χ3v) is 2.85. The van der Waals surface area contributed by atoms with Crippen LogP contribution in [0.25, 0.3) is 0 Å². The van der Waals surface area contributed by atoms with E-state index in [1.807, 2.05) is 0 Å². The fourth-order valence-electron chi connectivity index (χ4n) is 1.92. The monoisotopic (exact) mass is 175 g/mol. The maximum atomic E-state index is 3.56. The number of benzene rings is 1. The SMILES string of the molecule is Cc1ccc2c(c1)CC(C(C)C)N2. The molecule has 1 aromatic carbocycles. The topological polar surface area (TPSA) is 12.0 Å². The molecule has 0 fully saturated rings. The molecule has 0 aromatic heterocycles. The normalized spacial score (nSPS) is 20.2. The summed E-state index contributed by atoms with van der Waals surface area (Å²) in [6, 6.07) is 7.31. The Morgan fingerprint density at radius 2 is 2.15 bits per heavy atom. The number of hydrogen-bond donors (Lipinski definition) is 1. The summed E-state index contributed by atoms with van der Waals surface area (Å²) in [4.78, 5) is 0. The lowest BCUT2D eigenvalue weighted by Gasteiger charge is -2.14. The molecule has 1 atom stereocenters. The van der Waals surface area contributed by atoms with Crippen molar-refractivity contribution in [3.63, 3.8) is 0 Å². The first-order chi connectivity index (χ1) is 6.16. The van der Waals surface area contributed by atoms with Crippen LogP contribution >= 0.6 is 0 Å². The van der Waals surface area contributed by atoms with Gasteiger partial charge in [-0.15, -0.1) is 0 Å². The molecule has 0 saturated heterocycles. The minimum atomic E-state index is 0.636. The summed E-state index contributed by atoms with van der Waals surface area (Å²) in [5.41, 5.74) is 4.19. The predicted molar refractivity (Wildman–Crippen MR) is 57.1 cm³/mol. The van der Waals surface area contributed by atoms with E-state index in [9.17, 15) is 0 Å². The molecule has 0 spiro atoms. The van der Waals surface area contributed by atoms with Crippen molar-refractivity contribution < 1.29 is 0 Å². The van der Waals surface area contributed by atoms with Crippen molar-refractivity contribution in [2.24, 2.45) is 5.92 Å². The molecule has 1 aliphatic rings. The molecule has 1 N–H and O–H groups in total. The Labute approximate surface area is 80.2 Å². The first kappa shape index (κ1) is 8.61. The molecule has 1 aliphatic heterocycles. The Morgan fingerprint density at radius 1 is 1.38 bits per heavy atom. The van der Waals surface area contributed by atoms with Gasteiger partial charge in [-0.1, -0.05) is 31.5 Å². The highest BCUT2D eigenvalue weighted by atomic mass is 15.0. The highest BCUT2D eigenvalue weighted by Gasteiger charge is 2.22. The fourth-order valence-corrected chi connectivity index (χ4v) is 1.92. The second-order valence-electron chi connectivity index (χ2n) is 4.36. The van der Waals surface area contributed by atoms with Gasteiger partial charge in [0.25, 0.3) is 0 Å². The molecule has 1 heteroatoms. The Hall–Kier alpha value is -0.980. The minimum Gasteiger partial charge on any atom is -0.381 e. The Balaban J connectivity index is 2.25. The average Bonchev–Trinajstić information content (AvgIpc) is 2.46. The summed E-state index contributed by atoms with van der Waals surface area (Å²) in [5, 5.41) is 3.56. The van der Waals surface area contributed by atoms with Gasteiger partial charge in [-0.25, -0.2) is 0 Å². The second kappa shape index (κ2) is 3.06. The molecule has 0 amide bonds. The third-order valence-electron chi connectivity index (χ3n) is 2.85. The Morgan fingerprint density at radius 3 is 2.85 bits per heavy atom. The van der Waals surface area contributed by atoms with E-state index >= 15 is 0 Å². The van der Waals surface area contributed by atoms with Crippen LogP contribution in [0.5, 0.6) is 0 Å². The van der Waals surface area contributed by atoms with Crippen LogP contribution in [0.1, 0.15) is 25.0 Å². The van der Waals surface area contributed by atoms with Crippen LogP contribution in [0, 0.1) is 12.8 Å². The quantitative estimate of drug-likeness (QED) is 0.692. The van der Waals surface area contributed by atoms with Crippen LogP contribution in [0.15, 0.2) is 18.2 Å². The molecule has 0 bridgehead atoms. The van der Waals surface area contributed by atoms with E-state index < -0.39 is 0 Å². The first-order valence-corrected chi connectivity index (χ1v) is 5.03. The van der Waals surface area contributed by atoms with Gasteiger partial charge in [0.2, 0.25) is 0 Å². The fraction of sp³-hybridized carbons (Fsp3) is 0.500. The summed E-state index contributed by atoms with van der Waals surface area (Å²) in [5.74, 6) is 0.715. The Bertz CT molecular complexity index is 315. The second-order valence-corrected chi connectivity index (χ2v) is 4.36. The van der Waals surface area contributed by atoms with E-state index in [2.05, 4.69) is 44.3 Å². The number of fused-ring (bicyclic) bond motifs is 1. The van der Waals surface area contributed by atoms with Crippen LogP contribution < -0.4 is 5.32 Å². The zero-order valence-electron chi connectivity index (χ0n) is 8.59. The molecule has 2 rings (SSSR count). The smallest absolute Gasteiger partial charge is 0.0376 e. The van der Waals surface area contributed by atoms with E-state index in [1.54, 1.807) is 0 Å². The van der Waals surface area contributed by atoms with Crippen molar-refractivity contribution in [1.29, 1.82) is 0 Å². The van der Waals surface area contributed by atoms with Crippen LogP contribution in [0.4, 0.5) is 5.69 Å². The van der Waals surface area contributed by atoms with Gasteiger partial charge in [0.1, 0.15) is 0 Å². The van der Waals surface area contributed by atoms with Gasteiger partial charge in [-0.05, 0) is 30.9 Å². The van der Waals surface area contributed by atoms with Crippen molar-refractivity contribution >= 4 is 5.69 Å². The largest absolute Gasteiger partial charge is 0.381 e. The van der Waals surface area contributed by atoms with Gasteiger partial charge < -0.3 is 5.32 Å². The first-order valence-electron chi connectivity index (χ1n) is 5.03. The molecule has 1 aromatic rings. The van der Waals surface area contributed by atoms with E-state index in [0.29, 0.717) is 12.0 Å². The van der Waals surface area contributed by atoms with E-state index in [-0.39, 0.29) is 0 Å². The molecule has 1 heterocycles. The van der Waals surface area contributed by atoms with Crippen LogP contribution in [-0.4, -0.2) is 6.04 Å². The van der Waals surface area contributed by atoms with Crippen LogP contribution in [0.2, 0.25) is 0 Å². The molecule has 0 aliphatic carbocycles. The summed E-state index contributed by atoms with van der Waals surface area (Å²) in [7, 11) is 0. The molecule has 0 radical (unpaired) electrons. The van der Waals surface area contributed by atoms with Gasteiger partial charge in [-0.2, -0.15) is 0 Å². The Kier molecular flexibility index (Phi) is 2.03. The van der Waals surface area contributed by atoms with Gasteiger partial charge in [0.05, 0.1) is 0 Å². The zero-order chi connectivity index (χ0) is 9.42. The van der Waals surface area contributed by atoms with Gasteiger partial charge in [-0.3, -0.25) is 0 Å². The molecular formula is C12H17N. The molecule has 0 saturated carbocycles. The highest BCUT2D eigenvalue weighted by Crippen LogP contribution is 2.29. The van der Waals surface area contributed by atoms with Crippen molar-refractivity contribution in [2.45, 2.75) is 33.2 Å². The number of aryl methyl sites for hydroxylation is 1. The van der Waals surface area contributed by atoms with E-state index in [1.165, 1.54) is 23.2 Å². The zero-order valence-corrected chi connectivity index (χ0v) is 8.59. The molecule has 70 valence electrons. The minimum absolute atomic E-state index is 0.636. The number of nitrogens with one attached hydrogen (secondary N) is 1. The number of hydrogen-bond acceptors (Lipinski definition) is 1. The lowest BCUT2D eigenvalue weighted by Crippen LogP contribution is -2.21. The van der Waals surface area contributed by atoms with Crippen molar-refractivity contribution in [2.75, 3.05) is 5.32 Å².